The Bertz CT molecular complexity index is 273. The molecule has 4 N–H and O–H groups in total. The summed E-state index contributed by atoms with van der Waals surface area (Å²) in [6.45, 7) is 0. The van der Waals surface area contributed by atoms with Crippen LogP contribution in [0.25, 0.3) is 0 Å². The van der Waals surface area contributed by atoms with Crippen molar-refractivity contribution < 1.29 is 0 Å². The number of anilines is 1. The average Bonchev–Trinajstić information content (AvgIpc) is 2.67. The summed E-state index contributed by atoms with van der Waals surface area (Å²) in [7, 11) is 0. The second-order valence-corrected chi connectivity index (χ2v) is 2.85. The molecule has 1 heterocycles. The molecule has 2 atom stereocenters. The van der Waals surface area contributed by atoms with Gasteiger partial charge in [0, 0.05) is 18.2 Å². The van der Waals surface area contributed by atoms with Gasteiger partial charge in [-0.2, -0.15) is 0 Å². The molecule has 1 saturated carbocycles. The molecule has 0 bridgehead atoms. The van der Waals surface area contributed by atoms with E-state index >= 15 is 0 Å². The van der Waals surface area contributed by atoms with Crippen LogP contribution < -0.4 is 11.5 Å². The van der Waals surface area contributed by atoms with E-state index in [0.717, 1.165) is 12.1 Å². The number of rotatable bonds is 1. The molecule has 1 aliphatic carbocycles. The van der Waals surface area contributed by atoms with Crippen LogP contribution in [0.3, 0.4) is 0 Å². The predicted molar refractivity (Wildman–Crippen MR) is 41.8 cm³/mol. The van der Waals surface area contributed by atoms with E-state index in [0.29, 0.717) is 11.9 Å². The Morgan fingerprint density at radius 2 is 2.27 bits per heavy atom. The maximum absolute atomic E-state index is 5.65. The molecule has 1 aromatic rings. The number of nitrogen functional groups attached to an aromatic ring is 1. The fraction of sp³-hybridized carbons (Fsp3) is 0.429. The van der Waals surface area contributed by atoms with Gasteiger partial charge in [0.05, 0.1) is 5.69 Å². The molecule has 1 aliphatic rings. The second kappa shape index (κ2) is 2.17. The zero-order valence-electron chi connectivity index (χ0n) is 6.07. The van der Waals surface area contributed by atoms with E-state index in [-0.39, 0.29) is 6.04 Å². The van der Waals surface area contributed by atoms with E-state index in [1.54, 1.807) is 6.20 Å². The third-order valence-electron chi connectivity index (χ3n) is 1.92. The third kappa shape index (κ3) is 1.17. The Hall–Kier alpha value is -1.16. The van der Waals surface area contributed by atoms with Crippen LogP contribution in [0.4, 0.5) is 5.95 Å². The Morgan fingerprint density at radius 1 is 1.55 bits per heavy atom. The number of nitrogens with zero attached hydrogens (tertiary/aromatic N) is 2. The van der Waals surface area contributed by atoms with Gasteiger partial charge in [-0.25, -0.2) is 9.97 Å². The SMILES string of the molecule is Nc1nccc(C2CC2N)n1. The Morgan fingerprint density at radius 3 is 2.82 bits per heavy atom. The van der Waals surface area contributed by atoms with E-state index in [1.165, 1.54) is 0 Å². The van der Waals surface area contributed by atoms with Gasteiger partial charge >= 0.3 is 0 Å². The van der Waals surface area contributed by atoms with Crippen molar-refractivity contribution in [2.24, 2.45) is 5.73 Å². The molecule has 1 fully saturated rings. The average molecular weight is 150 g/mol. The maximum Gasteiger partial charge on any atom is 0.220 e. The van der Waals surface area contributed by atoms with Crippen LogP contribution in [-0.2, 0) is 0 Å². The minimum absolute atomic E-state index is 0.282. The quantitative estimate of drug-likeness (QED) is 0.584. The van der Waals surface area contributed by atoms with E-state index in [9.17, 15) is 0 Å². The zero-order chi connectivity index (χ0) is 7.84. The van der Waals surface area contributed by atoms with Gasteiger partial charge in [-0.1, -0.05) is 0 Å². The predicted octanol–water partition coefficient (Wildman–Crippen LogP) is -0.127. The van der Waals surface area contributed by atoms with E-state index in [1.807, 2.05) is 6.07 Å². The molecule has 4 heteroatoms. The van der Waals surface area contributed by atoms with Crippen LogP contribution in [-0.4, -0.2) is 16.0 Å². The van der Waals surface area contributed by atoms with E-state index < -0.39 is 0 Å². The van der Waals surface area contributed by atoms with Gasteiger partial charge in [0.1, 0.15) is 0 Å². The second-order valence-electron chi connectivity index (χ2n) is 2.85. The minimum atomic E-state index is 0.282. The first-order valence-corrected chi connectivity index (χ1v) is 3.61. The highest BCUT2D eigenvalue weighted by molar-refractivity contribution is 5.25. The first kappa shape index (κ1) is 6.54. The smallest absolute Gasteiger partial charge is 0.220 e. The highest BCUT2D eigenvalue weighted by Gasteiger charge is 2.36. The standard InChI is InChI=1S/C7H10N4/c8-5-3-4(5)6-1-2-10-7(9)11-6/h1-2,4-5H,3,8H2,(H2,9,10,11). The van der Waals surface area contributed by atoms with Gasteiger partial charge < -0.3 is 11.5 Å². The molecule has 0 aliphatic heterocycles. The fourth-order valence-electron chi connectivity index (χ4n) is 1.15. The lowest BCUT2D eigenvalue weighted by Gasteiger charge is -1.96. The Labute approximate surface area is 64.6 Å². The molecule has 2 unspecified atom stereocenters. The van der Waals surface area contributed by atoms with Crippen molar-refractivity contribution in [1.29, 1.82) is 0 Å². The van der Waals surface area contributed by atoms with E-state index in [4.69, 9.17) is 11.5 Å². The molecule has 0 radical (unpaired) electrons. The molecule has 0 spiro atoms. The number of nitrogens with two attached hydrogens (primary N) is 2. The number of hydrogen-bond acceptors (Lipinski definition) is 4. The Balaban J connectivity index is 2.25. The molecule has 0 saturated heterocycles. The van der Waals surface area contributed by atoms with Gasteiger partial charge in [-0.3, -0.25) is 0 Å². The van der Waals surface area contributed by atoms with Crippen LogP contribution in [0.15, 0.2) is 12.3 Å². The van der Waals surface area contributed by atoms with Gasteiger partial charge in [0.2, 0.25) is 5.95 Å². The van der Waals surface area contributed by atoms with E-state index in [2.05, 4.69) is 9.97 Å². The molecule has 2 rings (SSSR count). The van der Waals surface area contributed by atoms with Crippen LogP contribution >= 0.6 is 0 Å². The lowest BCUT2D eigenvalue weighted by Crippen LogP contribution is -2.03. The Kier molecular flexibility index (Phi) is 1.29. The largest absolute Gasteiger partial charge is 0.368 e. The maximum atomic E-state index is 5.65. The normalized spacial score (nSPS) is 28.5. The summed E-state index contributed by atoms with van der Waals surface area (Å²) in [4.78, 5) is 7.87. The van der Waals surface area contributed by atoms with Crippen LogP contribution in [0.2, 0.25) is 0 Å². The van der Waals surface area contributed by atoms with Crippen molar-refractivity contribution >= 4 is 5.95 Å². The number of aromatic nitrogens is 2. The lowest BCUT2D eigenvalue weighted by atomic mass is 10.3. The van der Waals surface area contributed by atoms with Crippen molar-refractivity contribution in [3.63, 3.8) is 0 Å². The van der Waals surface area contributed by atoms with Crippen LogP contribution in [0, 0.1) is 0 Å². The van der Waals surface area contributed by atoms with Gasteiger partial charge in [0.25, 0.3) is 0 Å². The van der Waals surface area contributed by atoms with Crippen molar-refractivity contribution in [3.05, 3.63) is 18.0 Å². The lowest BCUT2D eigenvalue weighted by molar-refractivity contribution is 0.935. The third-order valence-corrected chi connectivity index (χ3v) is 1.92. The van der Waals surface area contributed by atoms with Crippen LogP contribution in [0.1, 0.15) is 18.0 Å². The van der Waals surface area contributed by atoms with Gasteiger partial charge in [-0.05, 0) is 12.5 Å². The first-order chi connectivity index (χ1) is 5.27. The molecular formula is C7H10N4. The molecule has 4 nitrogen and oxygen atoms in total. The monoisotopic (exact) mass is 150 g/mol. The van der Waals surface area contributed by atoms with Crippen molar-refractivity contribution in [2.75, 3.05) is 5.73 Å². The summed E-state index contributed by atoms with van der Waals surface area (Å²) in [5, 5.41) is 0. The highest BCUT2D eigenvalue weighted by Crippen LogP contribution is 2.37. The zero-order valence-corrected chi connectivity index (χ0v) is 6.07. The van der Waals surface area contributed by atoms with Gasteiger partial charge in [0.15, 0.2) is 0 Å². The molecule has 58 valence electrons. The summed E-state index contributed by atoms with van der Waals surface area (Å²) >= 11 is 0. The minimum Gasteiger partial charge on any atom is -0.368 e. The summed E-state index contributed by atoms with van der Waals surface area (Å²) in [5.41, 5.74) is 12.0. The van der Waals surface area contributed by atoms with Gasteiger partial charge in [-0.15, -0.1) is 0 Å². The summed E-state index contributed by atoms with van der Waals surface area (Å²) in [5.74, 6) is 0.752. The topological polar surface area (TPSA) is 77.8 Å². The van der Waals surface area contributed by atoms with Crippen molar-refractivity contribution in [1.82, 2.24) is 9.97 Å². The summed E-state index contributed by atoms with van der Waals surface area (Å²) in [6.07, 6.45) is 2.69. The van der Waals surface area contributed by atoms with Crippen LogP contribution in [0.5, 0.6) is 0 Å². The van der Waals surface area contributed by atoms with Crippen molar-refractivity contribution in [2.45, 2.75) is 18.4 Å². The summed E-state index contributed by atoms with van der Waals surface area (Å²) < 4.78 is 0. The molecule has 0 amide bonds. The summed E-state index contributed by atoms with van der Waals surface area (Å²) in [6, 6.07) is 2.15. The first-order valence-electron chi connectivity index (χ1n) is 3.61. The highest BCUT2D eigenvalue weighted by atomic mass is 15.0. The molecule has 0 aromatic carbocycles. The van der Waals surface area contributed by atoms with Crippen molar-refractivity contribution in [3.8, 4) is 0 Å². The molecular weight excluding hydrogens is 140 g/mol. The molecule has 1 aromatic heterocycles. The molecule has 11 heavy (non-hydrogen) atoms. The number of hydrogen-bond donors (Lipinski definition) is 2. The fourth-order valence-corrected chi connectivity index (χ4v) is 1.15.